The van der Waals surface area contributed by atoms with E-state index in [1.54, 1.807) is 0 Å². The third-order valence-electron chi connectivity index (χ3n) is 2.11. The molecule has 1 nitrogen and oxygen atoms in total. The Morgan fingerprint density at radius 3 is 2.54 bits per heavy atom. The Kier molecular flexibility index (Phi) is 3.02. The standard InChI is InChI=1S/C12H15N/c1-5-10-11(9(2)3)7-6-8-12(10)13-4/h5-9H,1,4H2,2-3H3. The van der Waals surface area contributed by atoms with Crippen LogP contribution in [0.4, 0.5) is 5.69 Å². The summed E-state index contributed by atoms with van der Waals surface area (Å²) in [5, 5.41) is 0. The van der Waals surface area contributed by atoms with Crippen LogP contribution in [-0.2, 0) is 0 Å². The van der Waals surface area contributed by atoms with E-state index in [2.05, 4.69) is 38.2 Å². The minimum absolute atomic E-state index is 0.495. The number of hydrogen-bond donors (Lipinski definition) is 0. The predicted octanol–water partition coefficient (Wildman–Crippen LogP) is 3.79. The Bertz CT molecular complexity index is 324. The lowest BCUT2D eigenvalue weighted by molar-refractivity contribution is 0.864. The summed E-state index contributed by atoms with van der Waals surface area (Å²) < 4.78 is 0. The van der Waals surface area contributed by atoms with Gasteiger partial charge in [0.25, 0.3) is 0 Å². The van der Waals surface area contributed by atoms with Crippen LogP contribution in [0.15, 0.2) is 29.8 Å². The molecule has 0 bridgehead atoms. The molecule has 0 fully saturated rings. The molecule has 0 atom stereocenters. The molecule has 0 heterocycles. The van der Waals surface area contributed by atoms with Crippen LogP contribution in [0, 0.1) is 0 Å². The summed E-state index contributed by atoms with van der Waals surface area (Å²) in [5.41, 5.74) is 3.30. The predicted molar refractivity (Wildman–Crippen MR) is 59.8 cm³/mol. The number of hydrogen-bond acceptors (Lipinski definition) is 1. The lowest BCUT2D eigenvalue weighted by Crippen LogP contribution is -1.91. The van der Waals surface area contributed by atoms with Crippen LogP contribution in [0.25, 0.3) is 6.08 Å². The molecule has 0 amide bonds. The highest BCUT2D eigenvalue weighted by Gasteiger charge is 2.06. The molecular formula is C12H15N. The van der Waals surface area contributed by atoms with E-state index >= 15 is 0 Å². The van der Waals surface area contributed by atoms with E-state index in [1.807, 2.05) is 18.2 Å². The van der Waals surface area contributed by atoms with Crippen molar-refractivity contribution < 1.29 is 0 Å². The van der Waals surface area contributed by atoms with Gasteiger partial charge in [-0.15, -0.1) is 0 Å². The third kappa shape index (κ3) is 1.86. The van der Waals surface area contributed by atoms with Gasteiger partial charge in [-0.3, -0.25) is 4.99 Å². The van der Waals surface area contributed by atoms with E-state index in [1.165, 1.54) is 5.56 Å². The number of rotatable bonds is 3. The molecular weight excluding hydrogens is 158 g/mol. The van der Waals surface area contributed by atoms with Crippen LogP contribution in [0.1, 0.15) is 30.9 Å². The quantitative estimate of drug-likeness (QED) is 0.617. The molecule has 1 aromatic carbocycles. The van der Waals surface area contributed by atoms with Crippen molar-refractivity contribution in [2.45, 2.75) is 19.8 Å². The molecule has 0 radical (unpaired) electrons. The van der Waals surface area contributed by atoms with Gasteiger partial charge in [-0.25, -0.2) is 0 Å². The van der Waals surface area contributed by atoms with E-state index in [0.29, 0.717) is 5.92 Å². The monoisotopic (exact) mass is 173 g/mol. The first-order valence-electron chi connectivity index (χ1n) is 4.42. The second-order valence-electron chi connectivity index (χ2n) is 3.30. The normalized spacial score (nSPS) is 10.1. The molecule has 0 aliphatic carbocycles. The molecule has 1 heteroatoms. The summed E-state index contributed by atoms with van der Waals surface area (Å²) in [4.78, 5) is 3.96. The summed E-state index contributed by atoms with van der Waals surface area (Å²) in [7, 11) is 0. The van der Waals surface area contributed by atoms with Crippen molar-refractivity contribution in [2.24, 2.45) is 4.99 Å². The largest absolute Gasteiger partial charge is 0.264 e. The van der Waals surface area contributed by atoms with Crippen LogP contribution in [-0.4, -0.2) is 6.72 Å². The summed E-state index contributed by atoms with van der Waals surface area (Å²) >= 11 is 0. The number of nitrogens with zero attached hydrogens (tertiary/aromatic N) is 1. The molecule has 0 N–H and O–H groups in total. The summed E-state index contributed by atoms with van der Waals surface area (Å²) in [6, 6.07) is 6.07. The van der Waals surface area contributed by atoms with Crippen LogP contribution >= 0.6 is 0 Å². The van der Waals surface area contributed by atoms with Crippen molar-refractivity contribution in [1.82, 2.24) is 0 Å². The first kappa shape index (κ1) is 9.72. The Balaban J connectivity index is 3.35. The average Bonchev–Trinajstić information content (AvgIpc) is 2.16. The summed E-state index contributed by atoms with van der Waals surface area (Å²) in [5.74, 6) is 0.495. The fraction of sp³-hybridized carbons (Fsp3) is 0.250. The van der Waals surface area contributed by atoms with Gasteiger partial charge < -0.3 is 0 Å². The topological polar surface area (TPSA) is 12.4 Å². The molecule has 1 rings (SSSR count). The molecule has 0 aliphatic rings. The minimum atomic E-state index is 0.495. The Morgan fingerprint density at radius 1 is 1.38 bits per heavy atom. The van der Waals surface area contributed by atoms with Crippen LogP contribution in [0.5, 0.6) is 0 Å². The summed E-state index contributed by atoms with van der Waals surface area (Å²) in [6.07, 6.45) is 1.85. The van der Waals surface area contributed by atoms with Gasteiger partial charge in [-0.1, -0.05) is 38.6 Å². The van der Waals surface area contributed by atoms with Gasteiger partial charge in [0.1, 0.15) is 0 Å². The number of benzene rings is 1. The maximum Gasteiger partial charge on any atom is 0.0697 e. The van der Waals surface area contributed by atoms with Crippen LogP contribution < -0.4 is 0 Å². The van der Waals surface area contributed by atoms with E-state index in [4.69, 9.17) is 0 Å². The van der Waals surface area contributed by atoms with Gasteiger partial charge in [-0.2, -0.15) is 0 Å². The zero-order valence-corrected chi connectivity index (χ0v) is 8.25. The molecule has 1 aromatic rings. The second kappa shape index (κ2) is 4.04. The molecule has 0 aromatic heterocycles. The fourth-order valence-electron chi connectivity index (χ4n) is 1.43. The second-order valence-corrected chi connectivity index (χ2v) is 3.30. The average molecular weight is 173 g/mol. The summed E-state index contributed by atoms with van der Waals surface area (Å²) in [6.45, 7) is 11.7. The molecule has 0 saturated heterocycles. The van der Waals surface area contributed by atoms with Gasteiger partial charge in [0.2, 0.25) is 0 Å². The highest BCUT2D eigenvalue weighted by molar-refractivity contribution is 5.68. The van der Waals surface area contributed by atoms with Gasteiger partial charge in [0.15, 0.2) is 0 Å². The van der Waals surface area contributed by atoms with Gasteiger partial charge >= 0.3 is 0 Å². The molecule has 13 heavy (non-hydrogen) atoms. The Morgan fingerprint density at radius 2 is 2.08 bits per heavy atom. The van der Waals surface area contributed by atoms with Crippen LogP contribution in [0.2, 0.25) is 0 Å². The highest BCUT2D eigenvalue weighted by atomic mass is 14.7. The smallest absolute Gasteiger partial charge is 0.0697 e. The lowest BCUT2D eigenvalue weighted by Gasteiger charge is -2.11. The molecule has 0 aliphatic heterocycles. The molecule has 0 spiro atoms. The first-order valence-corrected chi connectivity index (χ1v) is 4.42. The minimum Gasteiger partial charge on any atom is -0.264 e. The Hall–Kier alpha value is -1.37. The fourth-order valence-corrected chi connectivity index (χ4v) is 1.43. The molecule has 0 unspecified atom stereocenters. The highest BCUT2D eigenvalue weighted by Crippen LogP contribution is 2.28. The maximum atomic E-state index is 3.96. The van der Waals surface area contributed by atoms with E-state index in [-0.39, 0.29) is 0 Å². The van der Waals surface area contributed by atoms with Crippen molar-refractivity contribution in [3.05, 3.63) is 35.9 Å². The van der Waals surface area contributed by atoms with Crippen molar-refractivity contribution in [2.75, 3.05) is 0 Å². The van der Waals surface area contributed by atoms with E-state index in [0.717, 1.165) is 11.3 Å². The molecule has 68 valence electrons. The SMILES string of the molecule is C=Cc1c(N=C)cccc1C(C)C. The van der Waals surface area contributed by atoms with Crippen molar-refractivity contribution in [1.29, 1.82) is 0 Å². The lowest BCUT2D eigenvalue weighted by atomic mass is 9.96. The van der Waals surface area contributed by atoms with Gasteiger partial charge in [0, 0.05) is 5.56 Å². The van der Waals surface area contributed by atoms with Crippen molar-refractivity contribution >= 4 is 18.5 Å². The van der Waals surface area contributed by atoms with E-state index < -0.39 is 0 Å². The van der Waals surface area contributed by atoms with E-state index in [9.17, 15) is 0 Å². The first-order chi connectivity index (χ1) is 6.20. The maximum absolute atomic E-state index is 3.96. The van der Waals surface area contributed by atoms with Gasteiger partial charge in [-0.05, 0) is 24.3 Å². The number of aliphatic imine (C=N–C) groups is 1. The molecule has 0 saturated carbocycles. The van der Waals surface area contributed by atoms with Crippen molar-refractivity contribution in [3.8, 4) is 0 Å². The third-order valence-corrected chi connectivity index (χ3v) is 2.11. The van der Waals surface area contributed by atoms with Gasteiger partial charge in [0.05, 0.1) is 5.69 Å². The van der Waals surface area contributed by atoms with Crippen LogP contribution in [0.3, 0.4) is 0 Å². The van der Waals surface area contributed by atoms with Crippen molar-refractivity contribution in [3.63, 3.8) is 0 Å². The Labute approximate surface area is 79.8 Å². The zero-order chi connectivity index (χ0) is 9.84. The zero-order valence-electron chi connectivity index (χ0n) is 8.25.